The summed E-state index contributed by atoms with van der Waals surface area (Å²) in [6.45, 7) is 1.45. The molecule has 0 bridgehead atoms. The van der Waals surface area contributed by atoms with Crippen LogP contribution in [0.4, 0.5) is 5.69 Å². The van der Waals surface area contributed by atoms with Gasteiger partial charge in [-0.15, -0.1) is 0 Å². The number of para-hydroxylation sites is 1. The normalized spacial score (nSPS) is 27.0. The number of amides is 2. The Morgan fingerprint density at radius 2 is 1.82 bits per heavy atom. The van der Waals surface area contributed by atoms with Crippen molar-refractivity contribution in [1.82, 2.24) is 9.80 Å². The van der Waals surface area contributed by atoms with E-state index in [-0.39, 0.29) is 24.5 Å². The number of anilines is 1. The van der Waals surface area contributed by atoms with E-state index in [9.17, 15) is 9.59 Å². The average Bonchev–Trinajstić information content (AvgIpc) is 3.10. The predicted molar refractivity (Wildman–Crippen MR) is 107 cm³/mol. The van der Waals surface area contributed by atoms with Crippen LogP contribution in [0.3, 0.4) is 0 Å². The minimum Gasteiger partial charge on any atom is -0.380 e. The largest absolute Gasteiger partial charge is 0.380 e. The van der Waals surface area contributed by atoms with Gasteiger partial charge in [-0.2, -0.15) is 0 Å². The quantitative estimate of drug-likeness (QED) is 0.802. The summed E-state index contributed by atoms with van der Waals surface area (Å²) in [5.74, 6) is 0.644. The van der Waals surface area contributed by atoms with E-state index >= 15 is 0 Å². The van der Waals surface area contributed by atoms with Crippen molar-refractivity contribution in [1.29, 1.82) is 0 Å². The van der Waals surface area contributed by atoms with Crippen molar-refractivity contribution in [2.75, 3.05) is 53.3 Å². The SMILES string of the molecule is COCC(=O)Nc1ccccc1C(=O)N1C[C@H]2C[C@@H](N(C)C)[C@H](OC)C[C@H]2C1. The number of benzene rings is 1. The highest BCUT2D eigenvalue weighted by Gasteiger charge is 2.44. The van der Waals surface area contributed by atoms with E-state index < -0.39 is 0 Å². The maximum absolute atomic E-state index is 13.2. The average molecular weight is 389 g/mol. The number of ether oxygens (including phenoxy) is 2. The number of methoxy groups -OCH3 is 2. The second kappa shape index (κ2) is 9.03. The third kappa shape index (κ3) is 4.37. The van der Waals surface area contributed by atoms with Crippen molar-refractivity contribution in [3.63, 3.8) is 0 Å². The summed E-state index contributed by atoms with van der Waals surface area (Å²) >= 11 is 0. The molecule has 1 aromatic carbocycles. The molecule has 1 aliphatic carbocycles. The van der Waals surface area contributed by atoms with Crippen LogP contribution in [0.5, 0.6) is 0 Å². The van der Waals surface area contributed by atoms with Gasteiger partial charge in [-0.25, -0.2) is 0 Å². The van der Waals surface area contributed by atoms with Crippen LogP contribution in [0.15, 0.2) is 24.3 Å². The lowest BCUT2D eigenvalue weighted by atomic mass is 9.77. The Morgan fingerprint density at radius 3 is 2.46 bits per heavy atom. The van der Waals surface area contributed by atoms with Gasteiger partial charge in [0.15, 0.2) is 0 Å². The van der Waals surface area contributed by atoms with Gasteiger partial charge < -0.3 is 24.6 Å². The number of hydrogen-bond acceptors (Lipinski definition) is 5. The van der Waals surface area contributed by atoms with Crippen molar-refractivity contribution in [3.8, 4) is 0 Å². The first-order chi connectivity index (χ1) is 13.4. The predicted octanol–water partition coefficient (Wildman–Crippen LogP) is 1.70. The summed E-state index contributed by atoms with van der Waals surface area (Å²) in [5, 5.41) is 2.78. The summed E-state index contributed by atoms with van der Waals surface area (Å²) in [6.07, 6.45) is 2.21. The lowest BCUT2D eigenvalue weighted by molar-refractivity contribution is -0.119. The first-order valence-electron chi connectivity index (χ1n) is 9.80. The summed E-state index contributed by atoms with van der Waals surface area (Å²) in [7, 11) is 7.43. The van der Waals surface area contributed by atoms with Gasteiger partial charge in [0.05, 0.1) is 17.4 Å². The second-order valence-corrected chi connectivity index (χ2v) is 8.03. The van der Waals surface area contributed by atoms with Gasteiger partial charge in [-0.3, -0.25) is 9.59 Å². The summed E-state index contributed by atoms with van der Waals surface area (Å²) in [6, 6.07) is 7.54. The van der Waals surface area contributed by atoms with Crippen LogP contribution in [0.2, 0.25) is 0 Å². The van der Waals surface area contributed by atoms with Crippen LogP contribution in [0, 0.1) is 11.8 Å². The van der Waals surface area contributed by atoms with E-state index in [1.165, 1.54) is 7.11 Å². The number of rotatable bonds is 6. The van der Waals surface area contributed by atoms with Gasteiger partial charge in [0.25, 0.3) is 5.91 Å². The van der Waals surface area contributed by atoms with Crippen molar-refractivity contribution in [2.24, 2.45) is 11.8 Å². The molecule has 7 nitrogen and oxygen atoms in total. The van der Waals surface area contributed by atoms with E-state index in [4.69, 9.17) is 9.47 Å². The maximum atomic E-state index is 13.2. The number of carbonyl (C=O) groups is 2. The highest BCUT2D eigenvalue weighted by atomic mass is 16.5. The van der Waals surface area contributed by atoms with Crippen molar-refractivity contribution in [3.05, 3.63) is 29.8 Å². The molecule has 1 aromatic rings. The first kappa shape index (κ1) is 20.8. The molecule has 28 heavy (non-hydrogen) atoms. The van der Waals surface area contributed by atoms with E-state index in [1.54, 1.807) is 19.2 Å². The number of nitrogens with zero attached hydrogens (tertiary/aromatic N) is 2. The van der Waals surface area contributed by atoms with Gasteiger partial charge in [0, 0.05) is 33.4 Å². The molecule has 3 rings (SSSR count). The van der Waals surface area contributed by atoms with Gasteiger partial charge in [0.2, 0.25) is 5.91 Å². The van der Waals surface area contributed by atoms with Crippen LogP contribution in [0.1, 0.15) is 23.2 Å². The molecule has 4 atom stereocenters. The summed E-state index contributed by atoms with van der Waals surface area (Å²) < 4.78 is 10.6. The Labute approximate surface area is 167 Å². The van der Waals surface area contributed by atoms with Crippen molar-refractivity contribution >= 4 is 17.5 Å². The molecular formula is C21H31N3O4. The minimum atomic E-state index is -0.269. The highest BCUT2D eigenvalue weighted by Crippen LogP contribution is 2.39. The Balaban J connectivity index is 1.72. The Morgan fingerprint density at radius 1 is 1.14 bits per heavy atom. The van der Waals surface area contributed by atoms with Gasteiger partial charge in [-0.1, -0.05) is 12.1 Å². The molecule has 2 aliphatic rings. The fraction of sp³-hybridized carbons (Fsp3) is 0.619. The van der Waals surface area contributed by atoms with Crippen molar-refractivity contribution < 1.29 is 19.1 Å². The molecule has 2 amide bonds. The van der Waals surface area contributed by atoms with E-state index in [2.05, 4.69) is 24.3 Å². The molecule has 154 valence electrons. The van der Waals surface area contributed by atoms with Gasteiger partial charge in [0.1, 0.15) is 6.61 Å². The molecule has 1 N–H and O–H groups in total. The molecule has 1 heterocycles. The molecule has 0 aromatic heterocycles. The fourth-order valence-electron chi connectivity index (χ4n) is 4.62. The lowest BCUT2D eigenvalue weighted by Crippen LogP contribution is -2.47. The number of likely N-dealkylation sites (N-methyl/N-ethyl adjacent to an activating group) is 1. The summed E-state index contributed by atoms with van der Waals surface area (Å²) in [5.41, 5.74) is 1.06. The molecule has 7 heteroatoms. The Bertz CT molecular complexity index is 709. The second-order valence-electron chi connectivity index (χ2n) is 8.03. The molecule has 0 radical (unpaired) electrons. The van der Waals surface area contributed by atoms with E-state index in [0.717, 1.165) is 25.9 Å². The fourth-order valence-corrected chi connectivity index (χ4v) is 4.62. The molecule has 1 aliphatic heterocycles. The molecule has 2 fully saturated rings. The van der Waals surface area contributed by atoms with Crippen LogP contribution in [-0.4, -0.2) is 81.8 Å². The van der Waals surface area contributed by atoms with Gasteiger partial charge >= 0.3 is 0 Å². The van der Waals surface area contributed by atoms with E-state index in [0.29, 0.717) is 29.1 Å². The minimum absolute atomic E-state index is 0.0295. The smallest absolute Gasteiger partial charge is 0.255 e. The van der Waals surface area contributed by atoms with Crippen molar-refractivity contribution in [2.45, 2.75) is 25.0 Å². The molecule has 0 unspecified atom stereocenters. The Kier molecular flexibility index (Phi) is 6.69. The Hall–Kier alpha value is -1.96. The highest BCUT2D eigenvalue weighted by molar-refractivity contribution is 6.04. The van der Waals surface area contributed by atoms with E-state index in [1.807, 2.05) is 17.0 Å². The number of nitrogens with one attached hydrogen (secondary N) is 1. The first-order valence-corrected chi connectivity index (χ1v) is 9.80. The molecular weight excluding hydrogens is 358 g/mol. The standard InChI is InChI=1S/C21H31N3O4/c1-23(2)18-9-14-11-24(12-15(14)10-19(18)28-4)21(26)16-7-5-6-8-17(16)22-20(25)13-27-3/h5-8,14-15,18-19H,9-13H2,1-4H3,(H,22,25)/t14-,15+,18-,19-/m1/s1. The lowest BCUT2D eigenvalue weighted by Gasteiger charge is -2.40. The van der Waals surface area contributed by atoms with Gasteiger partial charge in [-0.05, 0) is 50.9 Å². The molecule has 0 spiro atoms. The van der Waals surface area contributed by atoms with Crippen LogP contribution >= 0.6 is 0 Å². The zero-order valence-corrected chi connectivity index (χ0v) is 17.2. The molecule has 1 saturated carbocycles. The van der Waals surface area contributed by atoms with Crippen LogP contribution in [0.25, 0.3) is 0 Å². The zero-order valence-electron chi connectivity index (χ0n) is 17.2. The third-order valence-corrected chi connectivity index (χ3v) is 6.05. The summed E-state index contributed by atoms with van der Waals surface area (Å²) in [4.78, 5) is 29.3. The number of carbonyl (C=O) groups excluding carboxylic acids is 2. The monoisotopic (exact) mass is 389 g/mol. The topological polar surface area (TPSA) is 71.1 Å². The number of fused-ring (bicyclic) bond motifs is 1. The molecule has 1 saturated heterocycles. The maximum Gasteiger partial charge on any atom is 0.255 e. The number of hydrogen-bond donors (Lipinski definition) is 1. The van der Waals surface area contributed by atoms with Crippen LogP contribution < -0.4 is 5.32 Å². The number of likely N-dealkylation sites (tertiary alicyclic amines) is 1. The zero-order chi connectivity index (χ0) is 20.3. The van der Waals surface area contributed by atoms with Crippen LogP contribution in [-0.2, 0) is 14.3 Å². The third-order valence-electron chi connectivity index (χ3n) is 6.05.